The molecule has 2 aliphatic rings. The number of hydrogen-bond donors (Lipinski definition) is 1. The molecular weight excluding hydrogens is 266 g/mol. The first kappa shape index (κ1) is 14.1. The molecule has 3 atom stereocenters. The van der Waals surface area contributed by atoms with Gasteiger partial charge in [0.05, 0.1) is 12.0 Å². The second kappa shape index (κ2) is 5.88. The number of carbonyl (C=O) groups is 2. The van der Waals surface area contributed by atoms with Crippen LogP contribution in [0.15, 0.2) is 30.3 Å². The van der Waals surface area contributed by atoms with E-state index in [1.807, 2.05) is 23.1 Å². The third-order valence-corrected chi connectivity index (χ3v) is 4.86. The van der Waals surface area contributed by atoms with Crippen LogP contribution in [0.2, 0.25) is 0 Å². The topological polar surface area (TPSA) is 57.6 Å². The Balaban J connectivity index is 1.67. The van der Waals surface area contributed by atoms with E-state index in [-0.39, 0.29) is 23.8 Å². The smallest absolute Gasteiger partial charge is 0.306 e. The van der Waals surface area contributed by atoms with Crippen LogP contribution in [0.25, 0.3) is 0 Å². The quantitative estimate of drug-likeness (QED) is 0.930. The van der Waals surface area contributed by atoms with Crippen molar-refractivity contribution < 1.29 is 14.7 Å². The summed E-state index contributed by atoms with van der Waals surface area (Å²) in [6, 6.07) is 10.3. The first-order chi connectivity index (χ1) is 10.2. The lowest BCUT2D eigenvalue weighted by Crippen LogP contribution is -2.48. The van der Waals surface area contributed by atoms with Gasteiger partial charge in [-0.05, 0) is 31.2 Å². The molecule has 3 rings (SSSR count). The summed E-state index contributed by atoms with van der Waals surface area (Å²) in [4.78, 5) is 25.7. The average Bonchev–Trinajstić information content (AvgIpc) is 2.47. The number of amides is 1. The van der Waals surface area contributed by atoms with Crippen LogP contribution in [0, 0.1) is 11.8 Å². The van der Waals surface area contributed by atoms with Gasteiger partial charge in [0.2, 0.25) is 5.91 Å². The number of rotatable bonds is 3. The van der Waals surface area contributed by atoms with E-state index in [1.54, 1.807) is 0 Å². The van der Waals surface area contributed by atoms with E-state index in [1.165, 1.54) is 5.56 Å². The van der Waals surface area contributed by atoms with Crippen molar-refractivity contribution in [3.63, 3.8) is 0 Å². The molecule has 1 amide bonds. The fourth-order valence-electron chi connectivity index (χ4n) is 3.55. The summed E-state index contributed by atoms with van der Waals surface area (Å²) in [7, 11) is 0. The first-order valence-electron chi connectivity index (χ1n) is 7.75. The molecule has 1 aromatic carbocycles. The molecule has 1 saturated heterocycles. The van der Waals surface area contributed by atoms with Gasteiger partial charge in [0, 0.05) is 12.5 Å². The monoisotopic (exact) mass is 287 g/mol. The summed E-state index contributed by atoms with van der Waals surface area (Å²) in [5.41, 5.74) is 1.18. The summed E-state index contributed by atoms with van der Waals surface area (Å²) < 4.78 is 0. The highest BCUT2D eigenvalue weighted by Gasteiger charge is 2.39. The number of carboxylic acid groups (broad SMARTS) is 1. The van der Waals surface area contributed by atoms with Gasteiger partial charge in [-0.15, -0.1) is 0 Å². The molecular formula is C17H21NO3. The normalized spacial score (nSPS) is 28.8. The molecule has 2 fully saturated rings. The maximum Gasteiger partial charge on any atom is 0.306 e. The molecule has 21 heavy (non-hydrogen) atoms. The van der Waals surface area contributed by atoms with Gasteiger partial charge < -0.3 is 10.0 Å². The molecule has 4 heteroatoms. The van der Waals surface area contributed by atoms with E-state index in [4.69, 9.17) is 5.11 Å². The Hall–Kier alpha value is -1.84. The van der Waals surface area contributed by atoms with Gasteiger partial charge in [-0.25, -0.2) is 0 Å². The average molecular weight is 287 g/mol. The van der Waals surface area contributed by atoms with Crippen molar-refractivity contribution in [3.8, 4) is 0 Å². The molecule has 0 radical (unpaired) electrons. The van der Waals surface area contributed by atoms with Crippen LogP contribution in [-0.2, 0) is 9.59 Å². The molecule has 112 valence electrons. The molecule has 0 bridgehead atoms. The minimum Gasteiger partial charge on any atom is -0.481 e. The van der Waals surface area contributed by atoms with Crippen molar-refractivity contribution in [2.24, 2.45) is 11.8 Å². The maximum atomic E-state index is 12.7. The molecule has 1 heterocycles. The van der Waals surface area contributed by atoms with Crippen LogP contribution in [0.4, 0.5) is 0 Å². The fourth-order valence-corrected chi connectivity index (χ4v) is 3.55. The largest absolute Gasteiger partial charge is 0.481 e. The Morgan fingerprint density at radius 2 is 1.76 bits per heavy atom. The zero-order valence-electron chi connectivity index (χ0n) is 12.1. The Labute approximate surface area is 124 Å². The number of hydrogen-bond acceptors (Lipinski definition) is 2. The molecule has 3 unspecified atom stereocenters. The van der Waals surface area contributed by atoms with Gasteiger partial charge in [-0.2, -0.15) is 0 Å². The SMILES string of the molecule is O=C(O)C1CCCC(C(=O)N2CCC2c2ccccc2)C1. The third-order valence-electron chi connectivity index (χ3n) is 4.86. The van der Waals surface area contributed by atoms with Gasteiger partial charge in [0.1, 0.15) is 0 Å². The van der Waals surface area contributed by atoms with Gasteiger partial charge in [0.15, 0.2) is 0 Å². The number of aliphatic carboxylic acids is 1. The lowest BCUT2D eigenvalue weighted by molar-refractivity contribution is -0.149. The van der Waals surface area contributed by atoms with Crippen LogP contribution in [0.5, 0.6) is 0 Å². The van der Waals surface area contributed by atoms with Crippen LogP contribution in [-0.4, -0.2) is 28.4 Å². The van der Waals surface area contributed by atoms with Crippen LogP contribution in [0.1, 0.15) is 43.7 Å². The van der Waals surface area contributed by atoms with Crippen molar-refractivity contribution in [2.75, 3.05) is 6.54 Å². The van der Waals surface area contributed by atoms with E-state index >= 15 is 0 Å². The van der Waals surface area contributed by atoms with E-state index in [9.17, 15) is 9.59 Å². The number of carbonyl (C=O) groups excluding carboxylic acids is 1. The Kier molecular flexibility index (Phi) is 3.95. The molecule has 1 aliphatic heterocycles. The Bertz CT molecular complexity index is 528. The standard InChI is InChI=1S/C17H21NO3/c19-16(13-7-4-8-14(11-13)17(20)21)18-10-9-15(18)12-5-2-1-3-6-12/h1-3,5-6,13-15H,4,7-11H2,(H,20,21). The minimum absolute atomic E-state index is 0.105. The third kappa shape index (κ3) is 2.80. The lowest BCUT2D eigenvalue weighted by atomic mass is 9.79. The minimum atomic E-state index is -0.754. The predicted molar refractivity (Wildman–Crippen MR) is 78.6 cm³/mol. The highest BCUT2D eigenvalue weighted by molar-refractivity contribution is 5.81. The van der Waals surface area contributed by atoms with E-state index < -0.39 is 5.97 Å². The van der Waals surface area contributed by atoms with Crippen molar-refractivity contribution in [2.45, 2.75) is 38.1 Å². The number of benzene rings is 1. The van der Waals surface area contributed by atoms with E-state index in [2.05, 4.69) is 12.1 Å². The molecule has 4 nitrogen and oxygen atoms in total. The highest BCUT2D eigenvalue weighted by atomic mass is 16.4. The Morgan fingerprint density at radius 3 is 2.38 bits per heavy atom. The van der Waals surface area contributed by atoms with Gasteiger partial charge in [-0.3, -0.25) is 9.59 Å². The number of carboxylic acids is 1. The van der Waals surface area contributed by atoms with Gasteiger partial charge in [0.25, 0.3) is 0 Å². The van der Waals surface area contributed by atoms with Crippen LogP contribution in [0.3, 0.4) is 0 Å². The molecule has 0 aromatic heterocycles. The van der Waals surface area contributed by atoms with Crippen molar-refractivity contribution in [3.05, 3.63) is 35.9 Å². The predicted octanol–water partition coefficient (Wildman–Crippen LogP) is 2.85. The van der Waals surface area contributed by atoms with E-state index in [0.29, 0.717) is 12.8 Å². The molecule has 1 aliphatic carbocycles. The lowest BCUT2D eigenvalue weighted by Gasteiger charge is -2.44. The summed E-state index contributed by atoms with van der Waals surface area (Å²) in [6.07, 6.45) is 3.90. The van der Waals surface area contributed by atoms with Crippen LogP contribution >= 0.6 is 0 Å². The number of nitrogens with zero attached hydrogens (tertiary/aromatic N) is 1. The molecule has 0 spiro atoms. The zero-order chi connectivity index (χ0) is 14.8. The van der Waals surface area contributed by atoms with E-state index in [0.717, 1.165) is 25.8 Å². The second-order valence-corrected chi connectivity index (χ2v) is 6.15. The first-order valence-corrected chi connectivity index (χ1v) is 7.75. The Morgan fingerprint density at radius 1 is 1.05 bits per heavy atom. The highest BCUT2D eigenvalue weighted by Crippen LogP contribution is 2.38. The van der Waals surface area contributed by atoms with Gasteiger partial charge >= 0.3 is 5.97 Å². The summed E-state index contributed by atoms with van der Waals surface area (Å²) in [6.45, 7) is 0.798. The summed E-state index contributed by atoms with van der Waals surface area (Å²) in [5, 5.41) is 9.15. The maximum absolute atomic E-state index is 12.7. The molecule has 1 aromatic rings. The van der Waals surface area contributed by atoms with Crippen molar-refractivity contribution in [1.29, 1.82) is 0 Å². The summed E-state index contributed by atoms with van der Waals surface area (Å²) >= 11 is 0. The molecule has 1 N–H and O–H groups in total. The number of likely N-dealkylation sites (tertiary alicyclic amines) is 1. The summed E-state index contributed by atoms with van der Waals surface area (Å²) in [5.74, 6) is -1.05. The van der Waals surface area contributed by atoms with Gasteiger partial charge in [-0.1, -0.05) is 36.8 Å². The zero-order valence-corrected chi connectivity index (χ0v) is 12.1. The second-order valence-electron chi connectivity index (χ2n) is 6.15. The van der Waals surface area contributed by atoms with Crippen molar-refractivity contribution in [1.82, 2.24) is 4.90 Å². The molecule has 1 saturated carbocycles. The van der Waals surface area contributed by atoms with Crippen molar-refractivity contribution >= 4 is 11.9 Å². The van der Waals surface area contributed by atoms with Crippen LogP contribution < -0.4 is 0 Å². The fraction of sp³-hybridized carbons (Fsp3) is 0.529.